The maximum atomic E-state index is 12.4. The molecule has 0 radical (unpaired) electrons. The Labute approximate surface area is 228 Å². The number of ether oxygens (including phenoxy) is 1. The second kappa shape index (κ2) is 12.1. The maximum Gasteiger partial charge on any atom is 0.338 e. The molecule has 4 aromatic rings. The number of hydrogen-bond acceptors (Lipinski definition) is 7. The molecule has 3 N–H and O–H groups in total. The van der Waals surface area contributed by atoms with Gasteiger partial charge in [-0.25, -0.2) is 18.2 Å². The molecule has 9 nitrogen and oxygen atoms in total. The van der Waals surface area contributed by atoms with Crippen molar-refractivity contribution >= 4 is 44.0 Å². The monoisotopic (exact) mass is 548 g/mol. The number of fused-ring (bicyclic) bond motifs is 1. The number of anilines is 1. The molecule has 0 atom stereocenters. The Hall–Kier alpha value is -4.15. The zero-order valence-corrected chi connectivity index (χ0v) is 23.0. The average molecular weight is 549 g/mol. The van der Waals surface area contributed by atoms with Crippen LogP contribution in [-0.2, 0) is 14.8 Å². The van der Waals surface area contributed by atoms with Gasteiger partial charge < -0.3 is 20.1 Å². The lowest BCUT2D eigenvalue weighted by Crippen LogP contribution is -2.32. The third kappa shape index (κ3) is 6.47. The summed E-state index contributed by atoms with van der Waals surface area (Å²) in [6, 6.07) is 21.4. The van der Waals surface area contributed by atoms with Crippen LogP contribution in [0, 0.1) is 0 Å². The summed E-state index contributed by atoms with van der Waals surface area (Å²) in [6.07, 6.45) is 1.86. The molecule has 204 valence electrons. The van der Waals surface area contributed by atoms with Gasteiger partial charge >= 0.3 is 5.97 Å². The molecule has 4 rings (SSSR count). The second-order valence-corrected chi connectivity index (χ2v) is 10.9. The summed E-state index contributed by atoms with van der Waals surface area (Å²) >= 11 is 0. The van der Waals surface area contributed by atoms with Crippen LogP contribution in [0.15, 0.2) is 77.8 Å². The molecule has 0 aliphatic heterocycles. The first-order valence-electron chi connectivity index (χ1n) is 12.6. The van der Waals surface area contributed by atoms with Crippen molar-refractivity contribution in [1.29, 1.82) is 0 Å². The van der Waals surface area contributed by atoms with Crippen molar-refractivity contribution in [2.24, 2.45) is 4.99 Å². The molecule has 10 heteroatoms. The highest BCUT2D eigenvalue weighted by Gasteiger charge is 2.21. The fourth-order valence-electron chi connectivity index (χ4n) is 4.33. The number of carbonyl (C=O) groups excluding carboxylic acids is 1. The van der Waals surface area contributed by atoms with E-state index in [1.807, 2.05) is 37.4 Å². The van der Waals surface area contributed by atoms with Crippen LogP contribution in [0.4, 0.5) is 11.4 Å². The van der Waals surface area contributed by atoms with Gasteiger partial charge in [0, 0.05) is 23.0 Å². The van der Waals surface area contributed by atoms with Gasteiger partial charge in [0.1, 0.15) is 0 Å². The molecule has 0 aliphatic rings. The molecule has 0 aliphatic carbocycles. The molecule has 0 amide bonds. The van der Waals surface area contributed by atoms with E-state index in [0.717, 1.165) is 5.56 Å². The van der Waals surface area contributed by atoms with Gasteiger partial charge in [0.15, 0.2) is 5.88 Å². The first-order chi connectivity index (χ1) is 18.7. The molecular formula is C29H32N4O5S. The molecule has 0 spiro atoms. The van der Waals surface area contributed by atoms with Gasteiger partial charge in [-0.15, -0.1) is 0 Å². The molecule has 39 heavy (non-hydrogen) atoms. The van der Waals surface area contributed by atoms with Crippen LogP contribution in [0.25, 0.3) is 10.9 Å². The fourth-order valence-corrected chi connectivity index (χ4v) is 5.30. The lowest BCUT2D eigenvalue weighted by molar-refractivity contribution is 0.0526. The maximum absolute atomic E-state index is 12.4. The summed E-state index contributed by atoms with van der Waals surface area (Å²) in [6.45, 7) is 3.06. The minimum absolute atomic E-state index is 0.0852. The van der Waals surface area contributed by atoms with Crippen molar-refractivity contribution < 1.29 is 23.1 Å². The normalized spacial score (nSPS) is 12.0. The third-order valence-electron chi connectivity index (χ3n) is 6.14. The van der Waals surface area contributed by atoms with E-state index in [9.17, 15) is 18.3 Å². The van der Waals surface area contributed by atoms with Crippen molar-refractivity contribution in [1.82, 2.24) is 10.3 Å². The zero-order chi connectivity index (χ0) is 28.0. The summed E-state index contributed by atoms with van der Waals surface area (Å²) < 4.78 is 31.3. The first-order valence-corrected chi connectivity index (χ1v) is 14.5. The Morgan fingerprint density at radius 2 is 1.77 bits per heavy atom. The van der Waals surface area contributed by atoms with E-state index in [1.165, 1.54) is 10.6 Å². The van der Waals surface area contributed by atoms with E-state index in [2.05, 4.69) is 10.3 Å². The Kier molecular flexibility index (Phi) is 8.68. The summed E-state index contributed by atoms with van der Waals surface area (Å²) in [5, 5.41) is 14.7. The van der Waals surface area contributed by atoms with E-state index >= 15 is 0 Å². The highest BCUT2D eigenvalue weighted by Crippen LogP contribution is 2.33. The number of benzene rings is 3. The number of nitrogens with zero attached hydrogens (tertiary/aromatic N) is 2. The average Bonchev–Trinajstić information content (AvgIpc) is 3.25. The summed E-state index contributed by atoms with van der Waals surface area (Å²) in [5.41, 5.74) is 3.85. The zero-order valence-electron chi connectivity index (χ0n) is 22.1. The summed E-state index contributed by atoms with van der Waals surface area (Å²) in [5.74, 6) is -0.529. The topological polar surface area (TPSA) is 124 Å². The number of aliphatic imine (C=N–C) groups is 1. The van der Waals surface area contributed by atoms with Crippen LogP contribution < -0.4 is 9.62 Å². The van der Waals surface area contributed by atoms with Crippen LogP contribution in [-0.4, -0.2) is 63.2 Å². The van der Waals surface area contributed by atoms with E-state index < -0.39 is 16.0 Å². The largest absolute Gasteiger partial charge is 0.494 e. The third-order valence-corrected chi connectivity index (χ3v) is 7.33. The number of hydrogen-bond donors (Lipinski definition) is 3. The van der Waals surface area contributed by atoms with E-state index in [4.69, 9.17) is 9.73 Å². The smallest absolute Gasteiger partial charge is 0.338 e. The van der Waals surface area contributed by atoms with Gasteiger partial charge in [-0.2, -0.15) is 0 Å². The molecule has 0 saturated heterocycles. The predicted octanol–water partition coefficient (Wildman–Crippen LogP) is 4.59. The molecular weight excluding hydrogens is 516 g/mol. The number of rotatable bonds is 11. The predicted molar refractivity (Wildman–Crippen MR) is 155 cm³/mol. The van der Waals surface area contributed by atoms with Crippen LogP contribution in [0.3, 0.4) is 0 Å². The Bertz CT molecular complexity index is 1580. The number of H-pyrrole nitrogens is 1. The van der Waals surface area contributed by atoms with Gasteiger partial charge in [-0.05, 0) is 63.3 Å². The van der Waals surface area contributed by atoms with E-state index in [-0.39, 0.29) is 12.5 Å². The Morgan fingerprint density at radius 1 is 1.05 bits per heavy atom. The van der Waals surface area contributed by atoms with E-state index in [1.54, 1.807) is 49.4 Å². The lowest BCUT2D eigenvalue weighted by Gasteiger charge is -2.22. The Morgan fingerprint density at radius 3 is 2.41 bits per heavy atom. The van der Waals surface area contributed by atoms with E-state index in [0.29, 0.717) is 58.6 Å². The summed E-state index contributed by atoms with van der Waals surface area (Å²) in [4.78, 5) is 20.0. The van der Waals surface area contributed by atoms with Gasteiger partial charge in [-0.1, -0.05) is 36.4 Å². The minimum atomic E-state index is -3.46. The number of aromatic hydroxyl groups is 1. The number of esters is 1. The Balaban J connectivity index is 1.77. The number of carbonyl (C=O) groups is 1. The van der Waals surface area contributed by atoms with Gasteiger partial charge in [0.05, 0.1) is 41.1 Å². The molecule has 0 unspecified atom stereocenters. The highest BCUT2D eigenvalue weighted by atomic mass is 32.2. The molecule has 0 bridgehead atoms. The number of sulfonamides is 1. The van der Waals surface area contributed by atoms with Crippen LogP contribution in [0.5, 0.6) is 5.88 Å². The summed E-state index contributed by atoms with van der Waals surface area (Å²) in [7, 11) is -1.63. The van der Waals surface area contributed by atoms with Gasteiger partial charge in [0.2, 0.25) is 10.0 Å². The van der Waals surface area contributed by atoms with Crippen LogP contribution >= 0.6 is 0 Å². The van der Waals surface area contributed by atoms with Crippen molar-refractivity contribution in [3.05, 3.63) is 89.5 Å². The molecule has 1 heterocycles. The molecule has 0 saturated carbocycles. The highest BCUT2D eigenvalue weighted by molar-refractivity contribution is 7.92. The quantitative estimate of drug-likeness (QED) is 0.143. The fraction of sp³-hybridized carbons (Fsp3) is 0.241. The standard InChI is InChI=1S/C29H32N4O5S/c1-4-38-29(35)21-11-16-24-25(19-21)32-28(34)26(24)27(20-9-6-5-7-10-20)31-22-12-14-23(15-13-22)33(39(3,36)37)18-8-17-30-2/h5-7,9-16,19,30,32,34H,4,8,17-18H2,1-3H3. The second-order valence-electron chi connectivity index (χ2n) is 8.96. The van der Waals surface area contributed by atoms with Gasteiger partial charge in [-0.3, -0.25) is 4.31 Å². The minimum Gasteiger partial charge on any atom is -0.494 e. The van der Waals surface area contributed by atoms with Crippen molar-refractivity contribution in [3.63, 3.8) is 0 Å². The lowest BCUT2D eigenvalue weighted by atomic mass is 10.00. The van der Waals surface area contributed by atoms with Crippen molar-refractivity contribution in [3.8, 4) is 5.88 Å². The number of aromatic nitrogens is 1. The molecule has 1 aromatic heterocycles. The number of aromatic amines is 1. The number of nitrogens with one attached hydrogen (secondary N) is 2. The SMILES string of the molecule is CCOC(=O)c1ccc2c(C(=Nc3ccc(N(CCCNC)S(C)(=O)=O)cc3)c3ccccc3)c(O)[nH]c2c1. The van der Waals surface area contributed by atoms with Crippen molar-refractivity contribution in [2.45, 2.75) is 13.3 Å². The van der Waals surface area contributed by atoms with Gasteiger partial charge in [0.25, 0.3) is 0 Å². The first kappa shape index (κ1) is 27.9. The molecule has 0 fully saturated rings. The van der Waals surface area contributed by atoms with Crippen LogP contribution in [0.1, 0.15) is 34.8 Å². The van der Waals surface area contributed by atoms with Crippen LogP contribution in [0.2, 0.25) is 0 Å². The van der Waals surface area contributed by atoms with Crippen molar-refractivity contribution in [2.75, 3.05) is 37.3 Å². The molecule has 3 aromatic carbocycles.